The smallest absolute Gasteiger partial charge is 0.222 e. The molecule has 0 amide bonds. The number of sulfone groups is 1. The molecule has 0 aliphatic carbocycles. The van der Waals surface area contributed by atoms with Crippen molar-refractivity contribution in [1.82, 2.24) is 4.31 Å². The highest BCUT2D eigenvalue weighted by molar-refractivity contribution is 7.92. The molecule has 0 spiro atoms. The van der Waals surface area contributed by atoms with Gasteiger partial charge in [-0.15, -0.1) is 0 Å². The Balaban J connectivity index is 2.70. The first kappa shape index (κ1) is 14.9. The third-order valence-electron chi connectivity index (χ3n) is 2.72. The van der Waals surface area contributed by atoms with Gasteiger partial charge in [-0.2, -0.15) is 0 Å². The zero-order valence-electron chi connectivity index (χ0n) is 9.30. The Labute approximate surface area is 106 Å². The Morgan fingerprint density at radius 2 is 2.06 bits per heavy atom. The fraction of sp³-hybridized carbons (Fsp3) is 0.875. The van der Waals surface area contributed by atoms with Crippen molar-refractivity contribution in [2.45, 2.75) is 18.9 Å². The van der Waals surface area contributed by atoms with E-state index in [2.05, 4.69) is 0 Å². The lowest BCUT2D eigenvalue weighted by atomic mass is 10.3. The molecule has 0 aromatic heterocycles. The van der Waals surface area contributed by atoms with E-state index in [0.717, 1.165) is 4.31 Å². The van der Waals surface area contributed by atoms with Gasteiger partial charge in [0.05, 0.1) is 17.3 Å². The van der Waals surface area contributed by atoms with Crippen LogP contribution in [0.2, 0.25) is 0 Å². The van der Waals surface area contributed by atoms with Crippen LogP contribution in [-0.2, 0) is 24.7 Å². The van der Waals surface area contributed by atoms with Gasteiger partial charge < -0.3 is 0 Å². The molecule has 1 unspecified atom stereocenters. The number of sulfonamides is 1. The Kier molecular flexibility index (Phi) is 4.56. The van der Waals surface area contributed by atoms with Crippen molar-refractivity contribution >= 4 is 36.7 Å². The van der Waals surface area contributed by atoms with Gasteiger partial charge in [0.15, 0.2) is 9.84 Å². The summed E-state index contributed by atoms with van der Waals surface area (Å²) in [5, 5.41) is -0.721. The Morgan fingerprint density at radius 1 is 1.47 bits per heavy atom. The van der Waals surface area contributed by atoms with Crippen LogP contribution in [0.5, 0.6) is 0 Å². The summed E-state index contributed by atoms with van der Waals surface area (Å²) in [7, 11) is -5.42. The molecule has 1 saturated heterocycles. The van der Waals surface area contributed by atoms with Crippen LogP contribution < -0.4 is 0 Å². The Hall–Kier alpha value is -0.180. The lowest BCUT2D eigenvalue weighted by Crippen LogP contribution is -2.39. The van der Waals surface area contributed by atoms with E-state index in [4.69, 9.17) is 11.6 Å². The molecule has 0 bridgehead atoms. The summed E-state index contributed by atoms with van der Waals surface area (Å²) in [5.41, 5.74) is 0. The van der Waals surface area contributed by atoms with Crippen LogP contribution in [-0.4, -0.2) is 56.7 Å². The summed E-state index contributed by atoms with van der Waals surface area (Å²) < 4.78 is 47.0. The van der Waals surface area contributed by atoms with Gasteiger partial charge in [-0.25, -0.2) is 21.1 Å². The number of halogens is 1. The van der Waals surface area contributed by atoms with Crippen molar-refractivity contribution in [2.24, 2.45) is 0 Å². The SMILES string of the molecule is CN(C1CCS(=O)(=O)C1)S(=O)(=O)CCC(=O)Cl. The molecule has 1 rings (SSSR count). The Morgan fingerprint density at radius 3 is 2.47 bits per heavy atom. The first-order chi connectivity index (χ1) is 7.64. The van der Waals surface area contributed by atoms with Crippen molar-refractivity contribution in [1.29, 1.82) is 0 Å². The van der Waals surface area contributed by atoms with E-state index in [-0.39, 0.29) is 23.7 Å². The highest BCUT2D eigenvalue weighted by Crippen LogP contribution is 2.19. The third kappa shape index (κ3) is 4.20. The van der Waals surface area contributed by atoms with Gasteiger partial charge in [0, 0.05) is 19.5 Å². The number of carbonyl (C=O) groups excluding carboxylic acids is 1. The highest BCUT2D eigenvalue weighted by atomic mass is 35.5. The van der Waals surface area contributed by atoms with Crippen molar-refractivity contribution in [3.8, 4) is 0 Å². The van der Waals surface area contributed by atoms with E-state index in [1.807, 2.05) is 0 Å². The average Bonchev–Trinajstić information content (AvgIpc) is 2.55. The zero-order valence-corrected chi connectivity index (χ0v) is 11.7. The molecule has 100 valence electrons. The fourth-order valence-electron chi connectivity index (χ4n) is 1.64. The van der Waals surface area contributed by atoms with Crippen LogP contribution in [0.4, 0.5) is 0 Å². The predicted molar refractivity (Wildman–Crippen MR) is 64.1 cm³/mol. The van der Waals surface area contributed by atoms with Gasteiger partial charge in [-0.05, 0) is 18.0 Å². The number of carbonyl (C=O) groups is 1. The molecule has 0 saturated carbocycles. The Bertz CT molecular complexity index is 498. The molecule has 6 nitrogen and oxygen atoms in total. The average molecular weight is 304 g/mol. The third-order valence-corrected chi connectivity index (χ3v) is 6.55. The zero-order chi connectivity index (χ0) is 13.3. The second-order valence-electron chi connectivity index (χ2n) is 3.99. The maximum atomic E-state index is 11.8. The van der Waals surface area contributed by atoms with E-state index in [1.165, 1.54) is 7.05 Å². The van der Waals surface area contributed by atoms with Crippen molar-refractivity contribution in [3.63, 3.8) is 0 Å². The summed E-state index contributed by atoms with van der Waals surface area (Å²) in [6.07, 6.45) is 0.0284. The largest absolute Gasteiger partial charge is 0.281 e. The fourth-order valence-corrected chi connectivity index (χ4v) is 5.08. The second-order valence-corrected chi connectivity index (χ2v) is 8.79. The lowest BCUT2D eigenvalue weighted by molar-refractivity contribution is -0.111. The molecule has 1 aliphatic heterocycles. The lowest BCUT2D eigenvalue weighted by Gasteiger charge is -2.22. The molecule has 17 heavy (non-hydrogen) atoms. The quantitative estimate of drug-likeness (QED) is 0.644. The topological polar surface area (TPSA) is 88.6 Å². The van der Waals surface area contributed by atoms with Gasteiger partial charge >= 0.3 is 0 Å². The molecule has 0 aromatic carbocycles. The normalized spacial score (nSPS) is 24.1. The molecular formula is C8H14ClNO5S2. The monoisotopic (exact) mass is 303 g/mol. The summed E-state index contributed by atoms with van der Waals surface area (Å²) in [4.78, 5) is 10.5. The summed E-state index contributed by atoms with van der Waals surface area (Å²) in [6.45, 7) is 0. The standard InChI is InChI=1S/C8H14ClNO5S2/c1-10(7-2-4-16(12,13)6-7)17(14,15)5-3-8(9)11/h7H,2-6H2,1H3. The first-order valence-corrected chi connectivity index (χ1v) is 8.79. The highest BCUT2D eigenvalue weighted by Gasteiger charge is 2.35. The van der Waals surface area contributed by atoms with Gasteiger partial charge in [0.1, 0.15) is 0 Å². The minimum absolute atomic E-state index is 0.00592. The molecule has 1 heterocycles. The molecule has 0 aromatic rings. The van der Waals surface area contributed by atoms with Gasteiger partial charge in [0.2, 0.25) is 15.3 Å². The second kappa shape index (κ2) is 5.21. The molecule has 0 N–H and O–H groups in total. The molecule has 1 aliphatic rings. The van der Waals surface area contributed by atoms with Gasteiger partial charge in [0.25, 0.3) is 0 Å². The van der Waals surface area contributed by atoms with E-state index >= 15 is 0 Å². The van der Waals surface area contributed by atoms with Gasteiger partial charge in [-0.1, -0.05) is 0 Å². The maximum Gasteiger partial charge on any atom is 0.222 e. The van der Waals surface area contributed by atoms with E-state index in [9.17, 15) is 21.6 Å². The molecule has 1 atom stereocenters. The number of rotatable bonds is 5. The van der Waals surface area contributed by atoms with Crippen LogP contribution in [0.1, 0.15) is 12.8 Å². The van der Waals surface area contributed by atoms with Crippen LogP contribution in [0.25, 0.3) is 0 Å². The van der Waals surface area contributed by atoms with E-state index in [1.54, 1.807) is 0 Å². The van der Waals surface area contributed by atoms with E-state index in [0.29, 0.717) is 6.42 Å². The summed E-state index contributed by atoms with van der Waals surface area (Å²) in [6, 6.07) is -0.532. The van der Waals surface area contributed by atoms with Crippen molar-refractivity contribution < 1.29 is 21.6 Å². The minimum atomic E-state index is -3.63. The first-order valence-electron chi connectivity index (χ1n) is 4.98. The van der Waals surface area contributed by atoms with Crippen molar-refractivity contribution in [2.75, 3.05) is 24.3 Å². The van der Waals surface area contributed by atoms with Gasteiger partial charge in [-0.3, -0.25) is 4.79 Å². The minimum Gasteiger partial charge on any atom is -0.281 e. The van der Waals surface area contributed by atoms with E-state index < -0.39 is 31.1 Å². The molecule has 0 radical (unpaired) electrons. The number of hydrogen-bond acceptors (Lipinski definition) is 5. The molecular weight excluding hydrogens is 290 g/mol. The van der Waals surface area contributed by atoms with Crippen molar-refractivity contribution in [3.05, 3.63) is 0 Å². The van der Waals surface area contributed by atoms with Crippen LogP contribution in [0.3, 0.4) is 0 Å². The van der Waals surface area contributed by atoms with Crippen LogP contribution in [0, 0.1) is 0 Å². The molecule has 1 fully saturated rings. The molecule has 9 heteroatoms. The summed E-state index contributed by atoms with van der Waals surface area (Å²) >= 11 is 5.08. The van der Waals surface area contributed by atoms with Crippen LogP contribution >= 0.6 is 11.6 Å². The maximum absolute atomic E-state index is 11.8. The number of hydrogen-bond donors (Lipinski definition) is 0. The predicted octanol–water partition coefficient (Wildman–Crippen LogP) is -0.409. The number of nitrogens with zero attached hydrogens (tertiary/aromatic N) is 1. The summed E-state index contributed by atoms with van der Waals surface area (Å²) in [5.74, 6) is -0.536. The van der Waals surface area contributed by atoms with Crippen LogP contribution in [0.15, 0.2) is 0 Å².